The summed E-state index contributed by atoms with van der Waals surface area (Å²) in [7, 11) is 1.49. The first-order valence-corrected chi connectivity index (χ1v) is 6.70. The Morgan fingerprint density at radius 2 is 2.33 bits per heavy atom. The fraction of sp³-hybridized carbons (Fsp3) is 0.533. The Morgan fingerprint density at radius 3 is 3.17 bits per heavy atom. The summed E-state index contributed by atoms with van der Waals surface area (Å²) < 4.78 is 4.97. The molecule has 0 spiro atoms. The highest BCUT2D eigenvalue weighted by atomic mass is 16.5. The van der Waals surface area contributed by atoms with Crippen molar-refractivity contribution in [2.24, 2.45) is 11.8 Å². The van der Waals surface area contributed by atoms with Crippen molar-refractivity contribution in [1.29, 1.82) is 0 Å². The number of nitrogens with one attached hydrogen (secondary N) is 1. The fourth-order valence-electron chi connectivity index (χ4n) is 3.45. The molecular weight excluding hydrogens is 226 g/mol. The van der Waals surface area contributed by atoms with E-state index < -0.39 is 0 Å². The Bertz CT molecular complexity index is 447. The molecule has 0 bridgehead atoms. The molecule has 0 aromatic carbocycles. The zero-order valence-electron chi connectivity index (χ0n) is 10.7. The molecule has 1 saturated heterocycles. The molecule has 0 radical (unpaired) electrons. The minimum absolute atomic E-state index is 0.0322. The molecule has 0 saturated carbocycles. The van der Waals surface area contributed by atoms with Crippen LogP contribution in [0, 0.1) is 11.8 Å². The van der Waals surface area contributed by atoms with Crippen LogP contribution < -0.4 is 5.32 Å². The summed E-state index contributed by atoms with van der Waals surface area (Å²) in [5.74, 6) is 0.286. The van der Waals surface area contributed by atoms with Crippen molar-refractivity contribution in [2.45, 2.75) is 25.3 Å². The van der Waals surface area contributed by atoms with E-state index in [4.69, 9.17) is 4.74 Å². The molecule has 0 amide bonds. The Balaban J connectivity index is 1.99. The number of hydrogen-bond acceptors (Lipinski definition) is 3. The zero-order chi connectivity index (χ0) is 12.5. The Labute approximate surface area is 108 Å². The summed E-state index contributed by atoms with van der Waals surface area (Å²) in [6, 6.07) is 0.189. The number of piperidine rings is 1. The standard InChI is InChI=1S/C15H19NO2/c1-18-15(17)13-9-10-5-2-3-6-11(10)12-7-4-8-16-14(12)13/h2-3,5-6,10,13-14,16H,4,7-9H2,1H3. The van der Waals surface area contributed by atoms with E-state index in [2.05, 4.69) is 29.6 Å². The van der Waals surface area contributed by atoms with E-state index in [1.54, 1.807) is 0 Å². The van der Waals surface area contributed by atoms with Crippen molar-refractivity contribution in [3.05, 3.63) is 35.5 Å². The summed E-state index contributed by atoms with van der Waals surface area (Å²) in [6.07, 6.45) is 11.7. The molecule has 2 aliphatic carbocycles. The van der Waals surface area contributed by atoms with E-state index in [0.29, 0.717) is 5.92 Å². The third-order valence-corrected chi connectivity index (χ3v) is 4.28. The van der Waals surface area contributed by atoms with Crippen LogP contribution in [0.25, 0.3) is 0 Å². The van der Waals surface area contributed by atoms with Crippen LogP contribution in [0.15, 0.2) is 35.5 Å². The number of fused-ring (bicyclic) bond motifs is 2. The second kappa shape index (κ2) is 4.73. The molecule has 3 nitrogen and oxygen atoms in total. The number of carbonyl (C=O) groups excluding carboxylic acids is 1. The summed E-state index contributed by atoms with van der Waals surface area (Å²) in [4.78, 5) is 12.0. The van der Waals surface area contributed by atoms with Gasteiger partial charge in [0.15, 0.2) is 0 Å². The van der Waals surface area contributed by atoms with Crippen LogP contribution in [-0.2, 0) is 9.53 Å². The van der Waals surface area contributed by atoms with E-state index in [1.807, 2.05) is 0 Å². The van der Waals surface area contributed by atoms with Gasteiger partial charge >= 0.3 is 5.97 Å². The van der Waals surface area contributed by atoms with Gasteiger partial charge in [0, 0.05) is 12.0 Å². The monoisotopic (exact) mass is 245 g/mol. The molecule has 1 N–H and O–H groups in total. The molecule has 96 valence electrons. The third-order valence-electron chi connectivity index (χ3n) is 4.28. The summed E-state index contributed by atoms with van der Waals surface area (Å²) in [6.45, 7) is 0.999. The van der Waals surface area contributed by atoms with Crippen LogP contribution in [0.5, 0.6) is 0 Å². The predicted molar refractivity (Wildman–Crippen MR) is 69.9 cm³/mol. The van der Waals surface area contributed by atoms with Crippen LogP contribution in [-0.4, -0.2) is 25.7 Å². The van der Waals surface area contributed by atoms with Crippen LogP contribution in [0.2, 0.25) is 0 Å². The van der Waals surface area contributed by atoms with Crippen molar-refractivity contribution in [1.82, 2.24) is 5.32 Å². The van der Waals surface area contributed by atoms with Gasteiger partial charge < -0.3 is 10.1 Å². The molecule has 3 unspecified atom stereocenters. The van der Waals surface area contributed by atoms with Gasteiger partial charge in [-0.05, 0) is 37.0 Å². The minimum atomic E-state index is -0.0751. The molecule has 3 aliphatic rings. The number of rotatable bonds is 1. The average molecular weight is 245 g/mol. The Morgan fingerprint density at radius 1 is 1.44 bits per heavy atom. The maximum absolute atomic E-state index is 12.0. The summed E-state index contributed by atoms with van der Waals surface area (Å²) >= 11 is 0. The normalized spacial score (nSPS) is 33.9. The fourth-order valence-corrected chi connectivity index (χ4v) is 3.45. The van der Waals surface area contributed by atoms with Crippen molar-refractivity contribution in [3.8, 4) is 0 Å². The first-order valence-electron chi connectivity index (χ1n) is 6.70. The van der Waals surface area contributed by atoms with Gasteiger partial charge in [0.1, 0.15) is 0 Å². The molecule has 3 heteroatoms. The quantitative estimate of drug-likeness (QED) is 0.718. The lowest BCUT2D eigenvalue weighted by molar-refractivity contribution is -0.147. The number of hydrogen-bond donors (Lipinski definition) is 1. The van der Waals surface area contributed by atoms with Gasteiger partial charge in [0.05, 0.1) is 13.0 Å². The lowest BCUT2D eigenvalue weighted by atomic mass is 9.70. The first kappa shape index (κ1) is 11.7. The van der Waals surface area contributed by atoms with Crippen LogP contribution in [0.3, 0.4) is 0 Å². The zero-order valence-corrected chi connectivity index (χ0v) is 10.7. The highest BCUT2D eigenvalue weighted by molar-refractivity contribution is 5.75. The number of methoxy groups -OCH3 is 1. The molecular formula is C15H19NO2. The topological polar surface area (TPSA) is 38.3 Å². The van der Waals surface area contributed by atoms with Gasteiger partial charge in [-0.25, -0.2) is 0 Å². The number of allylic oxidation sites excluding steroid dienone is 5. The minimum Gasteiger partial charge on any atom is -0.469 e. The van der Waals surface area contributed by atoms with Gasteiger partial charge in [0.25, 0.3) is 0 Å². The first-order chi connectivity index (χ1) is 8.81. The van der Waals surface area contributed by atoms with E-state index in [1.165, 1.54) is 18.3 Å². The lowest BCUT2D eigenvalue weighted by Gasteiger charge is -2.40. The number of esters is 1. The molecule has 1 fully saturated rings. The summed E-state index contributed by atoms with van der Waals surface area (Å²) in [5, 5.41) is 3.50. The average Bonchev–Trinajstić information content (AvgIpc) is 2.45. The highest BCUT2D eigenvalue weighted by Crippen LogP contribution is 2.40. The molecule has 0 aromatic heterocycles. The smallest absolute Gasteiger partial charge is 0.310 e. The SMILES string of the molecule is COC(=O)C1CC2C=CC=CC2=C2CCCNC21. The van der Waals surface area contributed by atoms with Gasteiger partial charge in [-0.2, -0.15) is 0 Å². The second-order valence-corrected chi connectivity index (χ2v) is 5.23. The van der Waals surface area contributed by atoms with E-state index in [-0.39, 0.29) is 17.9 Å². The van der Waals surface area contributed by atoms with E-state index >= 15 is 0 Å². The molecule has 3 atom stereocenters. The molecule has 18 heavy (non-hydrogen) atoms. The second-order valence-electron chi connectivity index (χ2n) is 5.23. The van der Waals surface area contributed by atoms with Crippen molar-refractivity contribution in [3.63, 3.8) is 0 Å². The van der Waals surface area contributed by atoms with Crippen molar-refractivity contribution < 1.29 is 9.53 Å². The summed E-state index contributed by atoms with van der Waals surface area (Å²) in [5.41, 5.74) is 2.85. The van der Waals surface area contributed by atoms with E-state index in [9.17, 15) is 4.79 Å². The van der Waals surface area contributed by atoms with Crippen LogP contribution in [0.1, 0.15) is 19.3 Å². The maximum Gasteiger partial charge on any atom is 0.310 e. The molecule has 3 rings (SSSR count). The van der Waals surface area contributed by atoms with Crippen LogP contribution >= 0.6 is 0 Å². The van der Waals surface area contributed by atoms with Gasteiger partial charge in [-0.3, -0.25) is 4.79 Å². The molecule has 1 heterocycles. The van der Waals surface area contributed by atoms with Crippen molar-refractivity contribution in [2.75, 3.05) is 13.7 Å². The Hall–Kier alpha value is -1.35. The Kier molecular flexibility index (Phi) is 3.08. The number of carbonyl (C=O) groups is 1. The van der Waals surface area contributed by atoms with Gasteiger partial charge in [-0.15, -0.1) is 0 Å². The van der Waals surface area contributed by atoms with Gasteiger partial charge in [-0.1, -0.05) is 24.3 Å². The maximum atomic E-state index is 12.0. The highest BCUT2D eigenvalue weighted by Gasteiger charge is 2.40. The van der Waals surface area contributed by atoms with Gasteiger partial charge in [0.2, 0.25) is 0 Å². The predicted octanol–water partition coefficient (Wildman–Crippen LogP) is 1.97. The number of ether oxygens (including phenoxy) is 1. The molecule has 1 aliphatic heterocycles. The van der Waals surface area contributed by atoms with E-state index in [0.717, 1.165) is 25.8 Å². The largest absolute Gasteiger partial charge is 0.469 e. The third kappa shape index (κ3) is 1.83. The molecule has 0 aromatic rings. The lowest BCUT2D eigenvalue weighted by Crippen LogP contribution is -2.49. The van der Waals surface area contributed by atoms with Crippen LogP contribution in [0.4, 0.5) is 0 Å². The van der Waals surface area contributed by atoms with Crippen molar-refractivity contribution >= 4 is 5.97 Å².